The third kappa shape index (κ3) is 4.25. The van der Waals surface area contributed by atoms with Crippen LogP contribution in [0.15, 0.2) is 57.7 Å². The molecule has 2 aromatic carbocycles. The van der Waals surface area contributed by atoms with Crippen molar-refractivity contribution in [3.8, 4) is 16.9 Å². The molecule has 5 heteroatoms. The molecule has 0 amide bonds. The molecular formula is C23H24O5. The molecule has 1 aromatic heterocycles. The molecule has 0 aliphatic carbocycles. The van der Waals surface area contributed by atoms with Gasteiger partial charge in [-0.05, 0) is 43.0 Å². The van der Waals surface area contributed by atoms with Gasteiger partial charge in [0.2, 0.25) is 0 Å². The molecule has 28 heavy (non-hydrogen) atoms. The van der Waals surface area contributed by atoms with Gasteiger partial charge in [-0.1, -0.05) is 44.2 Å². The van der Waals surface area contributed by atoms with Crippen LogP contribution in [-0.2, 0) is 9.53 Å². The van der Waals surface area contributed by atoms with Crippen molar-refractivity contribution in [1.82, 2.24) is 0 Å². The van der Waals surface area contributed by atoms with Crippen LogP contribution in [0.3, 0.4) is 0 Å². The number of ether oxygens (including phenoxy) is 2. The van der Waals surface area contributed by atoms with E-state index < -0.39 is 17.7 Å². The number of rotatable bonds is 6. The summed E-state index contributed by atoms with van der Waals surface area (Å²) >= 11 is 0. The van der Waals surface area contributed by atoms with Crippen molar-refractivity contribution in [1.29, 1.82) is 0 Å². The van der Waals surface area contributed by atoms with Crippen LogP contribution >= 0.6 is 0 Å². The predicted octanol–water partition coefficient (Wildman–Crippen LogP) is 4.73. The summed E-state index contributed by atoms with van der Waals surface area (Å²) < 4.78 is 16.5. The molecule has 3 aromatic rings. The van der Waals surface area contributed by atoms with Crippen molar-refractivity contribution >= 4 is 16.9 Å². The van der Waals surface area contributed by atoms with E-state index in [0.29, 0.717) is 23.5 Å². The number of hydrogen-bond donors (Lipinski definition) is 0. The van der Waals surface area contributed by atoms with E-state index in [-0.39, 0.29) is 5.92 Å². The number of carbonyl (C=O) groups is 1. The lowest BCUT2D eigenvalue weighted by Gasteiger charge is -2.17. The van der Waals surface area contributed by atoms with Crippen LogP contribution in [0.1, 0.15) is 26.3 Å². The number of aryl methyl sites for hydroxylation is 1. The number of fused-ring (bicyclic) bond motifs is 1. The molecule has 1 atom stereocenters. The molecule has 0 N–H and O–H groups in total. The van der Waals surface area contributed by atoms with Crippen LogP contribution in [0.5, 0.6) is 5.75 Å². The van der Waals surface area contributed by atoms with Gasteiger partial charge in [0.1, 0.15) is 11.3 Å². The fourth-order valence-corrected chi connectivity index (χ4v) is 2.93. The zero-order chi connectivity index (χ0) is 20.3. The first-order chi connectivity index (χ1) is 13.4. The maximum absolute atomic E-state index is 12.1. The molecule has 0 saturated carbocycles. The van der Waals surface area contributed by atoms with Crippen LogP contribution < -0.4 is 10.4 Å². The summed E-state index contributed by atoms with van der Waals surface area (Å²) in [5, 5.41) is 0.811. The Balaban J connectivity index is 1.96. The first-order valence-electron chi connectivity index (χ1n) is 9.33. The Bertz CT molecular complexity index is 1030. The van der Waals surface area contributed by atoms with Crippen molar-refractivity contribution in [2.75, 3.05) is 6.61 Å². The van der Waals surface area contributed by atoms with E-state index in [9.17, 15) is 9.59 Å². The number of esters is 1. The lowest BCUT2D eigenvalue weighted by Crippen LogP contribution is -2.27. The van der Waals surface area contributed by atoms with Crippen molar-refractivity contribution in [3.05, 3.63) is 64.5 Å². The van der Waals surface area contributed by atoms with Gasteiger partial charge in [-0.15, -0.1) is 0 Å². The van der Waals surface area contributed by atoms with E-state index in [0.717, 1.165) is 16.5 Å². The number of hydrogen-bond acceptors (Lipinski definition) is 5. The van der Waals surface area contributed by atoms with Gasteiger partial charge in [-0.2, -0.15) is 0 Å². The van der Waals surface area contributed by atoms with E-state index in [1.165, 1.54) is 6.07 Å². The van der Waals surface area contributed by atoms with Gasteiger partial charge in [0.15, 0.2) is 6.10 Å². The molecule has 0 fully saturated rings. The Morgan fingerprint density at radius 3 is 2.46 bits per heavy atom. The smallest absolute Gasteiger partial charge is 0.347 e. The van der Waals surface area contributed by atoms with Gasteiger partial charge in [-0.3, -0.25) is 0 Å². The van der Waals surface area contributed by atoms with Gasteiger partial charge in [-0.25, -0.2) is 9.59 Å². The standard InChI is InChI=1S/C23H24O5/c1-14(2)13-26-23(25)16(4)27-20-11-10-18-19(17-8-6-5-7-9-17)12-21(24)28-22(18)15(20)3/h5-12,14,16H,13H2,1-4H3/t16-/m0/s1. The average molecular weight is 380 g/mol. The van der Waals surface area contributed by atoms with Gasteiger partial charge < -0.3 is 13.9 Å². The Kier molecular flexibility index (Phi) is 5.83. The monoisotopic (exact) mass is 380 g/mol. The van der Waals surface area contributed by atoms with Crippen molar-refractivity contribution in [2.24, 2.45) is 5.92 Å². The van der Waals surface area contributed by atoms with E-state index in [1.807, 2.05) is 57.2 Å². The fourth-order valence-electron chi connectivity index (χ4n) is 2.93. The van der Waals surface area contributed by atoms with Crippen molar-refractivity contribution in [3.63, 3.8) is 0 Å². The summed E-state index contributed by atoms with van der Waals surface area (Å²) in [6.07, 6.45) is -0.765. The van der Waals surface area contributed by atoms with Gasteiger partial charge in [0, 0.05) is 17.0 Å². The Labute approximate surface area is 163 Å². The summed E-state index contributed by atoms with van der Waals surface area (Å²) in [5.74, 6) is 0.312. The maximum Gasteiger partial charge on any atom is 0.347 e. The molecule has 0 saturated heterocycles. The molecule has 5 nitrogen and oxygen atoms in total. The summed E-state index contributed by atoms with van der Waals surface area (Å²) in [6, 6.07) is 14.8. The van der Waals surface area contributed by atoms with Crippen LogP contribution in [0, 0.1) is 12.8 Å². The molecule has 0 aliphatic heterocycles. The maximum atomic E-state index is 12.1. The number of benzene rings is 2. The first-order valence-corrected chi connectivity index (χ1v) is 9.33. The summed E-state index contributed by atoms with van der Waals surface area (Å²) in [5.41, 5.74) is 2.41. The van der Waals surface area contributed by atoms with E-state index >= 15 is 0 Å². The highest BCUT2D eigenvalue weighted by atomic mass is 16.6. The highest BCUT2D eigenvalue weighted by Crippen LogP contribution is 2.33. The van der Waals surface area contributed by atoms with E-state index in [1.54, 1.807) is 13.0 Å². The van der Waals surface area contributed by atoms with Crippen molar-refractivity contribution in [2.45, 2.75) is 33.8 Å². The molecule has 0 spiro atoms. The van der Waals surface area contributed by atoms with E-state index in [4.69, 9.17) is 13.9 Å². The topological polar surface area (TPSA) is 65.7 Å². The summed E-state index contributed by atoms with van der Waals surface area (Å²) in [7, 11) is 0. The second-order valence-electron chi connectivity index (χ2n) is 7.19. The van der Waals surface area contributed by atoms with Crippen molar-refractivity contribution < 1.29 is 18.7 Å². The molecular weight excluding hydrogens is 356 g/mol. The fraction of sp³-hybridized carbons (Fsp3) is 0.304. The average Bonchev–Trinajstić information content (AvgIpc) is 2.68. The van der Waals surface area contributed by atoms with Crippen LogP contribution in [0.4, 0.5) is 0 Å². The Hall–Kier alpha value is -3.08. The molecule has 1 heterocycles. The highest BCUT2D eigenvalue weighted by Gasteiger charge is 2.20. The molecule has 146 valence electrons. The molecule has 0 bridgehead atoms. The zero-order valence-electron chi connectivity index (χ0n) is 16.5. The first kappa shape index (κ1) is 19.7. The predicted molar refractivity (Wildman–Crippen MR) is 109 cm³/mol. The van der Waals surface area contributed by atoms with E-state index in [2.05, 4.69) is 0 Å². The summed E-state index contributed by atoms with van der Waals surface area (Å²) in [4.78, 5) is 24.2. The second kappa shape index (κ2) is 8.30. The lowest BCUT2D eigenvalue weighted by molar-refractivity contribution is -0.152. The van der Waals surface area contributed by atoms with Crippen LogP contribution in [0.25, 0.3) is 22.1 Å². The van der Waals surface area contributed by atoms with Gasteiger partial charge in [0.05, 0.1) is 6.61 Å². The summed E-state index contributed by atoms with van der Waals surface area (Å²) in [6.45, 7) is 7.74. The largest absolute Gasteiger partial charge is 0.479 e. The minimum Gasteiger partial charge on any atom is -0.479 e. The Morgan fingerprint density at radius 2 is 1.79 bits per heavy atom. The number of carbonyl (C=O) groups excluding carboxylic acids is 1. The quantitative estimate of drug-likeness (QED) is 0.457. The SMILES string of the molecule is Cc1c(O[C@@H](C)C(=O)OCC(C)C)ccc2c(-c3ccccc3)cc(=O)oc12. The molecule has 0 radical (unpaired) electrons. The minimum atomic E-state index is -0.765. The zero-order valence-corrected chi connectivity index (χ0v) is 16.5. The third-order valence-electron chi connectivity index (χ3n) is 4.39. The third-order valence-corrected chi connectivity index (χ3v) is 4.39. The minimum absolute atomic E-state index is 0.254. The van der Waals surface area contributed by atoms with Crippen LogP contribution in [0.2, 0.25) is 0 Å². The highest BCUT2D eigenvalue weighted by molar-refractivity contribution is 5.95. The van der Waals surface area contributed by atoms with Gasteiger partial charge >= 0.3 is 11.6 Å². The molecule has 0 aliphatic rings. The lowest BCUT2D eigenvalue weighted by atomic mass is 10.00. The Morgan fingerprint density at radius 1 is 1.07 bits per heavy atom. The van der Waals surface area contributed by atoms with Gasteiger partial charge in [0.25, 0.3) is 0 Å². The second-order valence-corrected chi connectivity index (χ2v) is 7.19. The normalized spacial score (nSPS) is 12.2. The molecule has 3 rings (SSSR count). The molecule has 0 unspecified atom stereocenters. The van der Waals surface area contributed by atoms with Crippen LogP contribution in [-0.4, -0.2) is 18.7 Å².